The van der Waals surface area contributed by atoms with Gasteiger partial charge in [-0.05, 0) is 30.5 Å². The molecule has 1 aromatic carbocycles. The fraction of sp³-hybridized carbons (Fsp3) is 0.565. The smallest absolute Gasteiger partial charge is 0.388 e. The molecule has 2 fully saturated rings. The van der Waals surface area contributed by atoms with Crippen LogP contribution in [0.3, 0.4) is 0 Å². The van der Waals surface area contributed by atoms with Crippen molar-refractivity contribution in [1.29, 1.82) is 0 Å². The molecule has 2 aliphatic rings. The summed E-state index contributed by atoms with van der Waals surface area (Å²) >= 11 is 1.43. The van der Waals surface area contributed by atoms with Gasteiger partial charge in [0.05, 0.1) is 25.4 Å². The summed E-state index contributed by atoms with van der Waals surface area (Å²) in [5, 5.41) is 33.5. The molecule has 2 heterocycles. The maximum absolute atomic E-state index is 13.7. The maximum Gasteiger partial charge on any atom is 0.397 e. The van der Waals surface area contributed by atoms with Crippen molar-refractivity contribution in [3.63, 3.8) is 0 Å². The Morgan fingerprint density at radius 1 is 1.15 bits per heavy atom. The summed E-state index contributed by atoms with van der Waals surface area (Å²) in [5.74, 6) is -0.692. The summed E-state index contributed by atoms with van der Waals surface area (Å²) in [6, 6.07) is 2.98. The molecule has 0 aliphatic heterocycles. The van der Waals surface area contributed by atoms with Crippen molar-refractivity contribution < 1.29 is 40.9 Å². The summed E-state index contributed by atoms with van der Waals surface area (Å²) in [6.07, 6.45) is -1.82. The van der Waals surface area contributed by atoms with E-state index in [1.54, 1.807) is 6.07 Å². The van der Waals surface area contributed by atoms with Crippen molar-refractivity contribution in [2.24, 2.45) is 0 Å². The summed E-state index contributed by atoms with van der Waals surface area (Å²) in [5.41, 5.74) is 1.33. The minimum atomic E-state index is -4.63. The highest BCUT2D eigenvalue weighted by Gasteiger charge is 2.45. The Kier molecular flexibility index (Phi) is 8.51. The number of rotatable bonds is 12. The Balaban J connectivity index is 1.36. The zero-order valence-corrected chi connectivity index (χ0v) is 22.9. The van der Waals surface area contributed by atoms with E-state index in [0.29, 0.717) is 34.1 Å². The van der Waals surface area contributed by atoms with Crippen molar-refractivity contribution in [1.82, 2.24) is 25.0 Å². The first-order chi connectivity index (χ1) is 19.1. The number of aromatic nitrogens is 5. The Morgan fingerprint density at radius 2 is 1.95 bits per heavy atom. The van der Waals surface area contributed by atoms with E-state index in [2.05, 4.69) is 29.8 Å². The average Bonchev–Trinajstić information content (AvgIpc) is 3.45. The van der Waals surface area contributed by atoms with Crippen LogP contribution >= 0.6 is 11.8 Å². The number of halogens is 2. The van der Waals surface area contributed by atoms with Crippen LogP contribution in [0, 0.1) is 11.6 Å². The van der Waals surface area contributed by atoms with Gasteiger partial charge in [-0.1, -0.05) is 30.0 Å². The predicted octanol–water partition coefficient (Wildman–Crippen LogP) is 1.84. The second kappa shape index (κ2) is 11.8. The molecule has 3 aromatic rings. The molecule has 0 bridgehead atoms. The minimum absolute atomic E-state index is 0.0450. The lowest BCUT2D eigenvalue weighted by molar-refractivity contribution is -0.0616. The van der Waals surface area contributed by atoms with Gasteiger partial charge in [0.2, 0.25) is 0 Å². The Bertz CT molecular complexity index is 1480. The molecule has 0 radical (unpaired) electrons. The molecule has 13 nitrogen and oxygen atoms in total. The summed E-state index contributed by atoms with van der Waals surface area (Å²) in [6.45, 7) is 1.29. The van der Waals surface area contributed by atoms with Gasteiger partial charge in [0.15, 0.2) is 33.8 Å². The fourth-order valence-corrected chi connectivity index (χ4v) is 5.72. The first-order valence-corrected chi connectivity index (χ1v) is 15.0. The number of anilines is 1. The average molecular weight is 603 g/mol. The lowest BCUT2D eigenvalue weighted by Crippen LogP contribution is -2.33. The highest BCUT2D eigenvalue weighted by Crippen LogP contribution is 2.44. The number of fused-ring (bicyclic) bond motifs is 1. The normalized spacial score (nSPS) is 26.4. The highest BCUT2D eigenvalue weighted by atomic mass is 32.3. The zero-order chi connectivity index (χ0) is 28.6. The Hall–Kier alpha value is -2.54. The van der Waals surface area contributed by atoms with E-state index in [1.807, 2.05) is 6.92 Å². The molecule has 2 aliphatic carbocycles. The van der Waals surface area contributed by atoms with E-state index in [-0.39, 0.29) is 25.0 Å². The van der Waals surface area contributed by atoms with Crippen molar-refractivity contribution in [3.05, 3.63) is 35.4 Å². The molecular weight excluding hydrogens is 574 g/mol. The third-order valence-corrected chi connectivity index (χ3v) is 8.30. The first-order valence-electron chi connectivity index (χ1n) is 12.6. The molecule has 0 saturated heterocycles. The largest absolute Gasteiger partial charge is 0.397 e. The predicted molar refractivity (Wildman–Crippen MR) is 138 cm³/mol. The van der Waals surface area contributed by atoms with E-state index in [0.717, 1.165) is 18.2 Å². The molecular formula is C23H28F2N6O7S2. The number of aliphatic hydroxyl groups is 2. The molecule has 2 aromatic heterocycles. The molecule has 218 valence electrons. The van der Waals surface area contributed by atoms with Gasteiger partial charge in [-0.3, -0.25) is 4.55 Å². The highest BCUT2D eigenvalue weighted by molar-refractivity contribution is 7.99. The van der Waals surface area contributed by atoms with Crippen LogP contribution < -0.4 is 5.32 Å². The fourth-order valence-electron chi connectivity index (χ4n) is 4.75. The molecule has 0 spiro atoms. The summed E-state index contributed by atoms with van der Waals surface area (Å²) in [7, 11) is -4.63. The summed E-state index contributed by atoms with van der Waals surface area (Å²) < 4.78 is 68.3. The third-order valence-electron chi connectivity index (χ3n) is 6.78. The number of hydrogen-bond acceptors (Lipinski definition) is 12. The van der Waals surface area contributed by atoms with Crippen LogP contribution in [0.25, 0.3) is 11.2 Å². The molecule has 4 N–H and O–H groups in total. The van der Waals surface area contributed by atoms with Gasteiger partial charge in [0.25, 0.3) is 0 Å². The monoisotopic (exact) mass is 602 g/mol. The van der Waals surface area contributed by atoms with Gasteiger partial charge in [-0.2, -0.15) is 8.42 Å². The van der Waals surface area contributed by atoms with Gasteiger partial charge < -0.3 is 20.3 Å². The van der Waals surface area contributed by atoms with E-state index in [9.17, 15) is 27.4 Å². The van der Waals surface area contributed by atoms with E-state index >= 15 is 0 Å². The third kappa shape index (κ3) is 6.35. The number of hydrogen-bond donors (Lipinski definition) is 4. The molecule has 6 atom stereocenters. The van der Waals surface area contributed by atoms with Crippen LogP contribution in [-0.4, -0.2) is 91.5 Å². The number of benzene rings is 1. The Morgan fingerprint density at radius 3 is 2.67 bits per heavy atom. The van der Waals surface area contributed by atoms with Gasteiger partial charge in [-0.25, -0.2) is 27.6 Å². The van der Waals surface area contributed by atoms with Gasteiger partial charge in [0, 0.05) is 24.1 Å². The molecule has 40 heavy (non-hydrogen) atoms. The van der Waals surface area contributed by atoms with Gasteiger partial charge in [-0.15, -0.1) is 5.10 Å². The number of thioether (sulfide) groups is 1. The molecule has 2 saturated carbocycles. The number of aliphatic hydroxyl groups excluding tert-OH is 2. The summed E-state index contributed by atoms with van der Waals surface area (Å²) in [4.78, 5) is 9.21. The second-order valence-electron chi connectivity index (χ2n) is 9.62. The van der Waals surface area contributed by atoms with Crippen LogP contribution in [-0.2, 0) is 19.3 Å². The van der Waals surface area contributed by atoms with Crippen LogP contribution in [0.2, 0.25) is 0 Å². The van der Waals surface area contributed by atoms with E-state index in [1.165, 1.54) is 22.5 Å². The molecule has 0 amide bonds. The minimum Gasteiger partial charge on any atom is -0.388 e. The van der Waals surface area contributed by atoms with Crippen molar-refractivity contribution in [3.8, 4) is 0 Å². The first kappa shape index (κ1) is 29.0. The second-order valence-corrected chi connectivity index (χ2v) is 11.8. The lowest BCUT2D eigenvalue weighted by atomic mass is 10.1. The van der Waals surface area contributed by atoms with E-state index < -0.39 is 53.0 Å². The molecule has 5 rings (SSSR count). The van der Waals surface area contributed by atoms with Gasteiger partial charge in [0.1, 0.15) is 12.2 Å². The Labute approximate surface area is 232 Å². The SMILES string of the molecule is CCCSc1nc(N[C@@H]2C[C@H]2c2ccc(F)c(F)c2)c2nnn([C@@H]3C[C@H](OCCOS(=O)(=O)O)[C@@H](O)[C@H]3O)c2n1. The van der Waals surface area contributed by atoms with Crippen LogP contribution in [0.1, 0.15) is 43.7 Å². The van der Waals surface area contributed by atoms with Crippen LogP contribution in [0.15, 0.2) is 23.4 Å². The molecule has 0 unspecified atom stereocenters. The van der Waals surface area contributed by atoms with Crippen molar-refractivity contribution >= 4 is 39.1 Å². The van der Waals surface area contributed by atoms with Crippen LogP contribution in [0.4, 0.5) is 14.6 Å². The lowest BCUT2D eigenvalue weighted by Gasteiger charge is -2.17. The zero-order valence-electron chi connectivity index (χ0n) is 21.2. The standard InChI is InChI=1S/C23H28F2N6O7S2/c1-2-7-39-23-27-21(26-15-9-12(15)11-3-4-13(24)14(25)8-11)18-22(28-23)31(30-29-18)16-10-17(20(33)19(16)32)37-5-6-38-40(34,35)36/h3-4,8,12,15-17,19-20,32-33H,2,5-7,9-10H2,1H3,(H,26,27,28)(H,34,35,36)/t12-,15+,16+,17-,19-,20+/m0/s1. The molecule has 17 heteroatoms. The quantitative estimate of drug-likeness (QED) is 0.102. The van der Waals surface area contributed by atoms with Crippen molar-refractivity contribution in [2.75, 3.05) is 24.3 Å². The van der Waals surface area contributed by atoms with Crippen LogP contribution in [0.5, 0.6) is 0 Å². The van der Waals surface area contributed by atoms with Crippen molar-refractivity contribution in [2.45, 2.75) is 67.7 Å². The van der Waals surface area contributed by atoms with E-state index in [4.69, 9.17) is 9.29 Å². The number of nitrogens with one attached hydrogen (secondary N) is 1. The number of nitrogens with zero attached hydrogens (tertiary/aromatic N) is 5. The maximum atomic E-state index is 13.7. The van der Waals surface area contributed by atoms with Gasteiger partial charge >= 0.3 is 10.4 Å². The topological polar surface area (TPSA) is 182 Å². The number of ether oxygens (including phenoxy) is 1.